The molecule has 2 saturated heterocycles. The summed E-state index contributed by atoms with van der Waals surface area (Å²) < 4.78 is 0. The van der Waals surface area contributed by atoms with Gasteiger partial charge in [0.2, 0.25) is 0 Å². The maximum Gasteiger partial charge on any atom is 0.181 e. The maximum atomic E-state index is 5.94. The highest BCUT2D eigenvalue weighted by Crippen LogP contribution is 2.33. The lowest BCUT2D eigenvalue weighted by atomic mass is 10.1. The van der Waals surface area contributed by atoms with E-state index in [1.54, 1.807) is 18.6 Å². The first-order valence-corrected chi connectivity index (χ1v) is 12.2. The molecule has 2 fully saturated rings. The summed E-state index contributed by atoms with van der Waals surface area (Å²) in [5.74, 6) is 0.833. The molecule has 0 radical (unpaired) electrons. The van der Waals surface area contributed by atoms with E-state index in [1.165, 1.54) is 5.69 Å². The Morgan fingerprint density at radius 2 is 1.83 bits per heavy atom. The summed E-state index contributed by atoms with van der Waals surface area (Å²) in [5, 5.41) is 9.65. The highest BCUT2D eigenvalue weighted by molar-refractivity contribution is 5.98. The smallest absolute Gasteiger partial charge is 0.181 e. The Labute approximate surface area is 207 Å². The second-order valence-electron chi connectivity index (χ2n) is 9.69. The monoisotopic (exact) mass is 481 g/mol. The third-order valence-electron chi connectivity index (χ3n) is 7.18. The van der Waals surface area contributed by atoms with Gasteiger partial charge in [0.25, 0.3) is 0 Å². The second-order valence-corrected chi connectivity index (χ2v) is 9.69. The Morgan fingerprint density at radius 3 is 2.67 bits per heavy atom. The number of nitrogens with zero attached hydrogens (tertiary/aromatic N) is 8. The minimum atomic E-state index is 0.199. The van der Waals surface area contributed by atoms with E-state index in [0.29, 0.717) is 5.65 Å². The molecule has 182 valence electrons. The zero-order chi connectivity index (χ0) is 24.2. The third-order valence-corrected chi connectivity index (χ3v) is 7.18. The van der Waals surface area contributed by atoms with Crippen molar-refractivity contribution in [1.29, 1.82) is 0 Å². The minimum Gasteiger partial charge on any atom is -0.368 e. The first kappa shape index (κ1) is 21.2. The van der Waals surface area contributed by atoms with Crippen molar-refractivity contribution >= 4 is 33.6 Å². The Bertz CT molecular complexity index is 1560. The number of hydrogen-bond donors (Lipinski definition) is 3. The summed E-state index contributed by atoms with van der Waals surface area (Å²) in [6, 6.07) is 6.52. The number of anilines is 2. The summed E-state index contributed by atoms with van der Waals surface area (Å²) in [4.78, 5) is 28.8. The van der Waals surface area contributed by atoms with Crippen LogP contribution in [0.4, 0.5) is 11.5 Å². The van der Waals surface area contributed by atoms with Gasteiger partial charge in [-0.2, -0.15) is 5.10 Å². The molecule has 0 atom stereocenters. The van der Waals surface area contributed by atoms with Gasteiger partial charge in [0.15, 0.2) is 5.65 Å². The molecule has 2 aliphatic rings. The molecule has 2 aliphatic heterocycles. The summed E-state index contributed by atoms with van der Waals surface area (Å²) in [5.41, 5.74) is 12.1. The predicted molar refractivity (Wildman–Crippen MR) is 140 cm³/mol. The lowest BCUT2D eigenvalue weighted by Crippen LogP contribution is -2.56. The van der Waals surface area contributed by atoms with Gasteiger partial charge in [0.05, 0.1) is 29.5 Å². The van der Waals surface area contributed by atoms with Gasteiger partial charge in [-0.1, -0.05) is 0 Å². The molecule has 0 amide bonds. The second kappa shape index (κ2) is 8.25. The van der Waals surface area contributed by atoms with Crippen molar-refractivity contribution in [2.75, 3.05) is 56.1 Å². The number of aromatic amines is 2. The van der Waals surface area contributed by atoms with Gasteiger partial charge in [-0.05, 0) is 25.2 Å². The summed E-state index contributed by atoms with van der Waals surface area (Å²) in [6.07, 6.45) is 7.21. The number of rotatable bonds is 4. The highest BCUT2D eigenvalue weighted by Gasteiger charge is 2.25. The van der Waals surface area contributed by atoms with Gasteiger partial charge >= 0.3 is 0 Å². The molecule has 0 saturated carbocycles. The number of nitrogens with one attached hydrogen (secondary N) is 2. The Morgan fingerprint density at radius 1 is 0.972 bits per heavy atom. The molecule has 0 aromatic carbocycles. The van der Waals surface area contributed by atoms with Crippen molar-refractivity contribution in [2.45, 2.75) is 6.04 Å². The molecular weight excluding hydrogens is 454 g/mol. The molecule has 5 aromatic rings. The van der Waals surface area contributed by atoms with Gasteiger partial charge in [-0.15, -0.1) is 0 Å². The van der Waals surface area contributed by atoms with E-state index in [-0.39, 0.29) is 6.04 Å². The van der Waals surface area contributed by atoms with Gasteiger partial charge < -0.3 is 25.4 Å². The topological polar surface area (TPSA) is 132 Å². The lowest BCUT2D eigenvalue weighted by molar-refractivity contribution is 0.313. The fourth-order valence-electron chi connectivity index (χ4n) is 5.06. The quantitative estimate of drug-likeness (QED) is 0.352. The number of H-pyrrole nitrogens is 2. The molecule has 7 rings (SSSR count). The molecule has 0 aliphatic carbocycles. The van der Waals surface area contributed by atoms with Crippen LogP contribution in [0.1, 0.15) is 0 Å². The van der Waals surface area contributed by atoms with Crippen molar-refractivity contribution in [3.63, 3.8) is 0 Å². The number of likely N-dealkylation sites (N-methyl/N-ethyl adjacent to an activating group) is 1. The van der Waals surface area contributed by atoms with Crippen molar-refractivity contribution in [3.8, 4) is 22.6 Å². The number of hydrogen-bond acceptors (Lipinski definition) is 9. The van der Waals surface area contributed by atoms with Crippen molar-refractivity contribution in [2.24, 2.45) is 5.73 Å². The zero-order valence-corrected chi connectivity index (χ0v) is 20.0. The number of pyridine rings is 2. The number of fused-ring (bicyclic) bond motifs is 2. The first-order valence-electron chi connectivity index (χ1n) is 12.2. The van der Waals surface area contributed by atoms with Gasteiger partial charge in [0.1, 0.15) is 11.5 Å². The molecule has 11 nitrogen and oxygen atoms in total. The largest absolute Gasteiger partial charge is 0.368 e. The maximum absolute atomic E-state index is 5.94. The van der Waals surface area contributed by atoms with Crippen LogP contribution in [0.5, 0.6) is 0 Å². The fourth-order valence-corrected chi connectivity index (χ4v) is 5.06. The Balaban J connectivity index is 1.26. The zero-order valence-electron chi connectivity index (χ0n) is 20.0. The number of nitrogens with two attached hydrogens (primary N) is 1. The molecular formula is C25H27N11. The SMILES string of the molecule is CN1CCN(c2ccnc3[nH]c(-c4[nH]nc5ncc(-c6cncc(N7CC(N)C7)n6)cc45)cc23)CC1. The van der Waals surface area contributed by atoms with Gasteiger partial charge in [-0.25, -0.2) is 15.0 Å². The summed E-state index contributed by atoms with van der Waals surface area (Å²) in [6.45, 7) is 5.70. The minimum absolute atomic E-state index is 0.199. The standard InChI is InChI=1S/C25H27N11/c1-34-4-6-35(7-5-34)21-2-3-28-24-17(21)9-19(31-24)23-18-8-15(10-29-25(18)33-32-23)20-11-27-12-22(30-20)36-13-16(26)14-36/h2-3,8-12,16H,4-7,13-14,26H2,1H3,(H,28,31)(H,29,32,33). The van der Waals surface area contributed by atoms with Crippen LogP contribution in [-0.2, 0) is 0 Å². The summed E-state index contributed by atoms with van der Waals surface area (Å²) in [7, 11) is 2.17. The van der Waals surface area contributed by atoms with E-state index in [0.717, 1.165) is 84.2 Å². The fraction of sp³-hybridized carbons (Fsp3) is 0.320. The molecule has 0 unspecified atom stereocenters. The lowest BCUT2D eigenvalue weighted by Gasteiger charge is -2.37. The number of piperazine rings is 1. The average molecular weight is 482 g/mol. The van der Waals surface area contributed by atoms with Gasteiger partial charge in [0, 0.05) is 79.7 Å². The Hall–Kier alpha value is -4.09. The van der Waals surface area contributed by atoms with Crippen LogP contribution in [0, 0.1) is 0 Å². The highest BCUT2D eigenvalue weighted by atomic mass is 15.3. The molecule has 4 N–H and O–H groups in total. The van der Waals surface area contributed by atoms with E-state index in [1.807, 2.05) is 6.20 Å². The van der Waals surface area contributed by atoms with Gasteiger partial charge in [-0.3, -0.25) is 10.1 Å². The van der Waals surface area contributed by atoms with Crippen molar-refractivity contribution in [1.82, 2.24) is 40.0 Å². The van der Waals surface area contributed by atoms with Crippen molar-refractivity contribution in [3.05, 3.63) is 43.0 Å². The third kappa shape index (κ3) is 3.55. The van der Waals surface area contributed by atoms with Crippen LogP contribution in [0.25, 0.3) is 44.7 Å². The van der Waals surface area contributed by atoms with Crippen LogP contribution < -0.4 is 15.5 Å². The van der Waals surface area contributed by atoms with E-state index in [4.69, 9.17) is 10.7 Å². The van der Waals surface area contributed by atoms with E-state index >= 15 is 0 Å². The molecule has 5 aromatic heterocycles. The first-order chi connectivity index (χ1) is 17.6. The van der Waals surface area contributed by atoms with E-state index in [9.17, 15) is 0 Å². The molecule has 36 heavy (non-hydrogen) atoms. The molecule has 11 heteroatoms. The van der Waals surface area contributed by atoms with Crippen LogP contribution in [0.2, 0.25) is 0 Å². The number of aromatic nitrogens is 7. The molecule has 0 spiro atoms. The van der Waals surface area contributed by atoms with Crippen LogP contribution in [-0.4, -0.2) is 92.4 Å². The van der Waals surface area contributed by atoms with Crippen LogP contribution >= 0.6 is 0 Å². The van der Waals surface area contributed by atoms with Crippen molar-refractivity contribution < 1.29 is 0 Å². The normalized spacial score (nSPS) is 17.3. The summed E-state index contributed by atoms with van der Waals surface area (Å²) >= 11 is 0. The van der Waals surface area contributed by atoms with Crippen LogP contribution in [0.3, 0.4) is 0 Å². The van der Waals surface area contributed by atoms with Crippen LogP contribution in [0.15, 0.2) is 43.0 Å². The average Bonchev–Trinajstić information content (AvgIpc) is 3.51. The Kier molecular flexibility index (Phi) is 4.86. The predicted octanol–water partition coefficient (Wildman–Crippen LogP) is 1.86. The van der Waals surface area contributed by atoms with E-state index < -0.39 is 0 Å². The molecule has 0 bridgehead atoms. The molecule has 7 heterocycles. The van der Waals surface area contributed by atoms with E-state index in [2.05, 4.69) is 70.1 Å².